The van der Waals surface area contributed by atoms with Crippen molar-refractivity contribution in [2.75, 3.05) is 38.1 Å². The summed E-state index contributed by atoms with van der Waals surface area (Å²) in [5.74, 6) is -0.261. The van der Waals surface area contributed by atoms with E-state index in [0.29, 0.717) is 30.3 Å². The number of nitrogens with zero attached hydrogens (tertiary/aromatic N) is 3. The lowest BCUT2D eigenvalue weighted by atomic mass is 10.0. The maximum absolute atomic E-state index is 13.6. The molecular formula is C26H33Cl2N5O4. The van der Waals surface area contributed by atoms with Gasteiger partial charge in [-0.25, -0.2) is 0 Å². The first-order valence-electron chi connectivity index (χ1n) is 12.3. The summed E-state index contributed by atoms with van der Waals surface area (Å²) in [7, 11) is 0. The van der Waals surface area contributed by atoms with Gasteiger partial charge >= 0.3 is 0 Å². The lowest BCUT2D eigenvalue weighted by Crippen LogP contribution is -2.61. The molecule has 0 saturated carbocycles. The Hall–Kier alpha value is -2.43. The third-order valence-electron chi connectivity index (χ3n) is 6.80. The molecule has 11 heteroatoms. The molecule has 200 valence electrons. The topological polar surface area (TPSA) is 99.8 Å². The van der Waals surface area contributed by atoms with Gasteiger partial charge in [0, 0.05) is 41.6 Å². The Morgan fingerprint density at radius 2 is 1.95 bits per heavy atom. The number of pyridine rings is 1. The van der Waals surface area contributed by atoms with Gasteiger partial charge in [0.2, 0.25) is 11.8 Å². The summed E-state index contributed by atoms with van der Waals surface area (Å²) < 4.78 is 11.8. The number of benzene rings is 1. The zero-order chi connectivity index (χ0) is 25.6. The zero-order valence-corrected chi connectivity index (χ0v) is 23.0. The number of amides is 2. The first-order valence-corrected chi connectivity index (χ1v) is 12.6. The molecule has 3 aromatic rings. The molecule has 37 heavy (non-hydrogen) atoms. The number of hydrogen-bond donors (Lipinski definition) is 2. The van der Waals surface area contributed by atoms with Gasteiger partial charge in [-0.05, 0) is 45.9 Å². The molecule has 3 atom stereocenters. The van der Waals surface area contributed by atoms with E-state index < -0.39 is 11.6 Å². The van der Waals surface area contributed by atoms with Crippen LogP contribution in [0.25, 0.3) is 21.8 Å². The average Bonchev–Trinajstić information content (AvgIpc) is 3.16. The number of fused-ring (bicyclic) bond motifs is 3. The second-order valence-corrected chi connectivity index (χ2v) is 10.9. The fourth-order valence-electron chi connectivity index (χ4n) is 5.25. The van der Waals surface area contributed by atoms with E-state index >= 15 is 0 Å². The van der Waals surface area contributed by atoms with E-state index in [-0.39, 0.29) is 49.6 Å². The highest BCUT2D eigenvalue weighted by Crippen LogP contribution is 2.33. The first-order chi connectivity index (χ1) is 17.1. The molecule has 2 aliphatic heterocycles. The number of rotatable bonds is 4. The van der Waals surface area contributed by atoms with Crippen LogP contribution in [0.4, 0.5) is 5.69 Å². The maximum Gasteiger partial charge on any atom is 0.244 e. The molecule has 2 N–H and O–H groups in total. The largest absolute Gasteiger partial charge is 0.372 e. The van der Waals surface area contributed by atoms with Crippen LogP contribution in [-0.4, -0.2) is 88.2 Å². The average molecular weight is 550 g/mol. The molecule has 9 nitrogen and oxygen atoms in total. The fraction of sp³-hybridized carbons (Fsp3) is 0.500. The van der Waals surface area contributed by atoms with Gasteiger partial charge in [0.25, 0.3) is 0 Å². The van der Waals surface area contributed by atoms with Crippen molar-refractivity contribution in [3.8, 4) is 0 Å². The van der Waals surface area contributed by atoms with Crippen LogP contribution in [0, 0.1) is 0 Å². The maximum atomic E-state index is 13.6. The number of halogens is 2. The van der Waals surface area contributed by atoms with Crippen molar-refractivity contribution in [2.24, 2.45) is 0 Å². The van der Waals surface area contributed by atoms with Crippen molar-refractivity contribution < 1.29 is 19.1 Å². The normalized spacial score (nSPS) is 24.1. The fourth-order valence-corrected chi connectivity index (χ4v) is 5.47. The third kappa shape index (κ3) is 5.86. The van der Waals surface area contributed by atoms with E-state index in [9.17, 15) is 9.59 Å². The number of morpholine rings is 2. The van der Waals surface area contributed by atoms with Crippen LogP contribution in [0.3, 0.4) is 0 Å². The van der Waals surface area contributed by atoms with Gasteiger partial charge in [0.15, 0.2) is 0 Å². The lowest BCUT2D eigenvalue weighted by molar-refractivity contribution is -0.156. The molecule has 0 radical (unpaired) electrons. The summed E-state index contributed by atoms with van der Waals surface area (Å²) in [4.78, 5) is 38.1. The van der Waals surface area contributed by atoms with Gasteiger partial charge in [-0.15, -0.1) is 12.4 Å². The number of aromatic nitrogens is 2. The van der Waals surface area contributed by atoms with Crippen molar-refractivity contribution in [1.29, 1.82) is 0 Å². The second kappa shape index (κ2) is 10.7. The van der Waals surface area contributed by atoms with Gasteiger partial charge in [-0.1, -0.05) is 11.6 Å². The van der Waals surface area contributed by atoms with Gasteiger partial charge in [0.1, 0.15) is 6.04 Å². The third-order valence-corrected chi connectivity index (χ3v) is 7.02. The Kier molecular flexibility index (Phi) is 8.02. The summed E-state index contributed by atoms with van der Waals surface area (Å²) in [6.45, 7) is 9.73. The molecule has 0 spiro atoms. The number of hydrogen-bond acceptors (Lipinski definition) is 6. The van der Waals surface area contributed by atoms with E-state index in [1.807, 2.05) is 49.6 Å². The molecule has 2 fully saturated rings. The first kappa shape index (κ1) is 27.6. The van der Waals surface area contributed by atoms with Crippen LogP contribution in [0.1, 0.15) is 27.7 Å². The van der Waals surface area contributed by atoms with Gasteiger partial charge in [0.05, 0.1) is 53.9 Å². The van der Waals surface area contributed by atoms with E-state index in [1.54, 1.807) is 18.5 Å². The highest BCUT2D eigenvalue weighted by Gasteiger charge is 2.39. The van der Waals surface area contributed by atoms with Crippen molar-refractivity contribution in [3.63, 3.8) is 0 Å². The van der Waals surface area contributed by atoms with E-state index in [4.69, 9.17) is 21.1 Å². The number of nitrogens with one attached hydrogen (secondary N) is 2. The van der Waals surface area contributed by atoms with Crippen LogP contribution in [0.15, 0.2) is 30.6 Å². The minimum Gasteiger partial charge on any atom is -0.372 e. The smallest absolute Gasteiger partial charge is 0.244 e. The van der Waals surface area contributed by atoms with Gasteiger partial charge in [-0.2, -0.15) is 0 Å². The Bertz CT molecular complexity index is 1300. The minimum atomic E-state index is -0.627. The monoisotopic (exact) mass is 549 g/mol. The highest BCUT2D eigenvalue weighted by atomic mass is 35.5. The number of carbonyl (C=O) groups excluding carboxylic acids is 2. The predicted molar refractivity (Wildman–Crippen MR) is 146 cm³/mol. The molecule has 1 aromatic carbocycles. The minimum absolute atomic E-state index is 0. The quantitative estimate of drug-likeness (QED) is 0.512. The number of H-pyrrole nitrogens is 1. The molecule has 4 heterocycles. The summed E-state index contributed by atoms with van der Waals surface area (Å²) in [6.07, 6.45) is 3.43. The molecule has 5 rings (SSSR count). The van der Waals surface area contributed by atoms with Crippen LogP contribution in [0.5, 0.6) is 0 Å². The van der Waals surface area contributed by atoms with Crippen LogP contribution in [0.2, 0.25) is 5.02 Å². The number of aromatic amines is 1. The summed E-state index contributed by atoms with van der Waals surface area (Å²) >= 11 is 6.42. The Morgan fingerprint density at radius 1 is 1.22 bits per heavy atom. The van der Waals surface area contributed by atoms with E-state index in [2.05, 4.69) is 15.3 Å². The van der Waals surface area contributed by atoms with Crippen LogP contribution < -0.4 is 5.32 Å². The van der Waals surface area contributed by atoms with Crippen LogP contribution >= 0.6 is 24.0 Å². The second-order valence-electron chi connectivity index (χ2n) is 10.5. The summed E-state index contributed by atoms with van der Waals surface area (Å²) in [5.41, 5.74) is 1.72. The molecule has 0 aliphatic carbocycles. The molecule has 1 unspecified atom stereocenters. The van der Waals surface area contributed by atoms with E-state index in [1.165, 1.54) is 0 Å². The van der Waals surface area contributed by atoms with Crippen molar-refractivity contribution >= 4 is 63.3 Å². The Balaban J connectivity index is 0.00000320. The van der Waals surface area contributed by atoms with Crippen molar-refractivity contribution in [1.82, 2.24) is 19.8 Å². The predicted octanol–water partition coefficient (Wildman–Crippen LogP) is 3.85. The Labute approximate surface area is 227 Å². The van der Waals surface area contributed by atoms with Crippen LogP contribution in [-0.2, 0) is 19.1 Å². The zero-order valence-electron chi connectivity index (χ0n) is 21.4. The number of ether oxygens (including phenoxy) is 2. The van der Waals surface area contributed by atoms with Crippen molar-refractivity contribution in [3.05, 3.63) is 35.6 Å². The molecule has 2 amide bonds. The highest BCUT2D eigenvalue weighted by molar-refractivity contribution is 6.33. The summed E-state index contributed by atoms with van der Waals surface area (Å²) in [6, 6.07) is 4.88. The van der Waals surface area contributed by atoms with Gasteiger partial charge < -0.3 is 24.7 Å². The molecule has 2 aliphatic rings. The molecule has 2 aromatic heterocycles. The number of anilines is 1. The Morgan fingerprint density at radius 3 is 2.68 bits per heavy atom. The molecular weight excluding hydrogens is 517 g/mol. The molecule has 2 saturated heterocycles. The number of carbonyl (C=O) groups is 2. The standard InChI is InChI=1S/C26H32ClN5O4.ClH/c1-15-10-31(11-16(2)36-15)23(33)12-32-14-26(3,4)35-13-22(32)25(34)30-20-8-17(27)7-19-18-5-6-28-9-21(18)29-24(19)20;/h5-9,15-16,22,29H,10-14H2,1-4H3,(H,30,34);1H/t15-,16+,22?;. The molecule has 0 bridgehead atoms. The van der Waals surface area contributed by atoms with Crippen molar-refractivity contribution in [2.45, 2.75) is 51.5 Å². The lowest BCUT2D eigenvalue weighted by Gasteiger charge is -2.43. The SMILES string of the molecule is C[C@@H]1CN(C(=O)CN2CC(C)(C)OCC2C(=O)Nc2cc(Cl)cc3c2[nH]c2cnccc23)C[C@H](C)O1.Cl. The van der Waals surface area contributed by atoms with E-state index in [0.717, 1.165) is 21.8 Å². The summed E-state index contributed by atoms with van der Waals surface area (Å²) in [5, 5.41) is 5.43. The van der Waals surface area contributed by atoms with Gasteiger partial charge in [-0.3, -0.25) is 19.5 Å².